The van der Waals surface area contributed by atoms with Gasteiger partial charge >= 0.3 is 0 Å². The highest BCUT2D eigenvalue weighted by molar-refractivity contribution is 5.84. The molecule has 18 heavy (non-hydrogen) atoms. The molecule has 0 saturated carbocycles. The molecule has 0 spiro atoms. The second-order valence-corrected chi connectivity index (χ2v) is 3.85. The van der Waals surface area contributed by atoms with Gasteiger partial charge in [-0.2, -0.15) is 4.73 Å². The Morgan fingerprint density at radius 1 is 1.39 bits per heavy atom. The third-order valence-corrected chi connectivity index (χ3v) is 2.85. The number of para-hydroxylation sites is 1. The molecule has 0 N–H and O–H groups in total. The van der Waals surface area contributed by atoms with Gasteiger partial charge in [0.1, 0.15) is 13.2 Å². The molecule has 0 bridgehead atoms. The normalized spacial score (nSPS) is 12.6. The van der Waals surface area contributed by atoms with E-state index in [-0.39, 0.29) is 11.5 Å². The van der Waals surface area contributed by atoms with E-state index in [0.29, 0.717) is 0 Å². The van der Waals surface area contributed by atoms with E-state index < -0.39 is 6.10 Å². The zero-order chi connectivity index (χ0) is 13.1. The molecule has 1 aromatic heterocycles. The molecule has 6 nitrogen and oxygen atoms in total. The van der Waals surface area contributed by atoms with E-state index in [1.807, 2.05) is 24.3 Å². The van der Waals surface area contributed by atoms with Gasteiger partial charge < -0.3 is 9.57 Å². The number of ether oxygens (including phenoxy) is 1. The predicted octanol–water partition coefficient (Wildman–Crippen LogP) is 1.66. The lowest BCUT2D eigenvalue weighted by Crippen LogP contribution is -2.14. The summed E-state index contributed by atoms with van der Waals surface area (Å²) in [5.74, 6) is 0. The summed E-state index contributed by atoms with van der Waals surface area (Å²) in [5, 5.41) is 11.5. The van der Waals surface area contributed by atoms with Crippen LogP contribution in [0.5, 0.6) is 0 Å². The van der Waals surface area contributed by atoms with Crippen molar-refractivity contribution in [3.05, 3.63) is 46.1 Å². The number of hydrogen-bond acceptors (Lipinski definition) is 4. The van der Waals surface area contributed by atoms with Crippen molar-refractivity contribution in [1.82, 2.24) is 4.73 Å². The van der Waals surface area contributed by atoms with Crippen LogP contribution in [0.4, 0.5) is 0 Å². The largest absolute Gasteiger partial charge is 0.417 e. The maximum Gasteiger partial charge on any atom is 0.233 e. The molecule has 0 aliphatic heterocycles. The number of nitro groups is 1. The lowest BCUT2D eigenvalue weighted by atomic mass is 10.1. The Labute approximate surface area is 104 Å². The summed E-state index contributed by atoms with van der Waals surface area (Å²) in [4.78, 5) is 15.5. The summed E-state index contributed by atoms with van der Waals surface area (Å²) in [6, 6.07) is 7.55. The van der Waals surface area contributed by atoms with E-state index in [1.165, 1.54) is 7.11 Å². The van der Waals surface area contributed by atoms with Gasteiger partial charge in [0.25, 0.3) is 0 Å². The van der Waals surface area contributed by atoms with Gasteiger partial charge in [-0.1, -0.05) is 18.2 Å². The van der Waals surface area contributed by atoms with Gasteiger partial charge in [0.05, 0.1) is 11.7 Å². The van der Waals surface area contributed by atoms with Gasteiger partial charge in [-0.15, -0.1) is 0 Å². The van der Waals surface area contributed by atoms with Crippen LogP contribution in [0.2, 0.25) is 0 Å². The van der Waals surface area contributed by atoms with Gasteiger partial charge in [0.15, 0.2) is 0 Å². The average molecular weight is 250 g/mol. The van der Waals surface area contributed by atoms with E-state index in [4.69, 9.17) is 9.57 Å². The van der Waals surface area contributed by atoms with E-state index in [9.17, 15) is 10.1 Å². The van der Waals surface area contributed by atoms with Crippen LogP contribution >= 0.6 is 0 Å². The highest BCUT2D eigenvalue weighted by Crippen LogP contribution is 2.27. The summed E-state index contributed by atoms with van der Waals surface area (Å²) >= 11 is 0. The Morgan fingerprint density at radius 2 is 2.11 bits per heavy atom. The Hall–Kier alpha value is -2.08. The van der Waals surface area contributed by atoms with Gasteiger partial charge in [0.2, 0.25) is 6.54 Å². The standard InChI is InChI=1S/C12H14N2O4/c1-17-12(8-14(15)16)10-7-13(18-2)11-6-4-3-5-9(10)11/h3-7,12H,8H2,1-2H3. The van der Waals surface area contributed by atoms with Gasteiger partial charge in [-0.05, 0) is 6.07 Å². The fourth-order valence-corrected chi connectivity index (χ4v) is 2.02. The first-order valence-corrected chi connectivity index (χ1v) is 5.46. The minimum Gasteiger partial charge on any atom is -0.417 e. The summed E-state index contributed by atoms with van der Waals surface area (Å²) < 4.78 is 6.78. The second-order valence-electron chi connectivity index (χ2n) is 3.85. The first kappa shape index (κ1) is 12.4. The van der Waals surface area contributed by atoms with Crippen LogP contribution < -0.4 is 4.84 Å². The molecular weight excluding hydrogens is 236 g/mol. The molecule has 0 amide bonds. The Morgan fingerprint density at radius 3 is 2.72 bits per heavy atom. The number of rotatable bonds is 5. The van der Waals surface area contributed by atoms with Gasteiger partial charge in [-0.3, -0.25) is 10.1 Å². The predicted molar refractivity (Wildman–Crippen MR) is 66.1 cm³/mol. The maximum absolute atomic E-state index is 10.6. The van der Waals surface area contributed by atoms with Crippen LogP contribution in [0.25, 0.3) is 10.9 Å². The molecule has 0 fully saturated rings. The van der Waals surface area contributed by atoms with Crippen LogP contribution in [0.1, 0.15) is 11.7 Å². The van der Waals surface area contributed by atoms with Gasteiger partial charge in [-0.25, -0.2) is 0 Å². The minimum absolute atomic E-state index is 0.270. The van der Waals surface area contributed by atoms with E-state index >= 15 is 0 Å². The minimum atomic E-state index is -0.582. The van der Waals surface area contributed by atoms with Gasteiger partial charge in [0, 0.05) is 23.0 Å². The lowest BCUT2D eigenvalue weighted by molar-refractivity contribution is -0.492. The first-order chi connectivity index (χ1) is 8.67. The lowest BCUT2D eigenvalue weighted by Gasteiger charge is -2.09. The topological polar surface area (TPSA) is 66.5 Å². The third-order valence-electron chi connectivity index (χ3n) is 2.85. The fraction of sp³-hybridized carbons (Fsp3) is 0.333. The van der Waals surface area contributed by atoms with Crippen LogP contribution in [-0.4, -0.2) is 30.4 Å². The van der Waals surface area contributed by atoms with Crippen LogP contribution in [-0.2, 0) is 4.74 Å². The smallest absolute Gasteiger partial charge is 0.233 e. The second kappa shape index (κ2) is 5.05. The van der Waals surface area contributed by atoms with E-state index in [2.05, 4.69) is 0 Å². The molecule has 1 aromatic carbocycles. The molecule has 0 aliphatic carbocycles. The Kier molecular flexibility index (Phi) is 3.47. The Balaban J connectivity index is 2.52. The first-order valence-electron chi connectivity index (χ1n) is 5.46. The number of methoxy groups -OCH3 is 1. The molecule has 0 saturated heterocycles. The molecule has 2 rings (SSSR count). The highest BCUT2D eigenvalue weighted by Gasteiger charge is 2.22. The van der Waals surface area contributed by atoms with Crippen molar-refractivity contribution in [2.75, 3.05) is 20.8 Å². The molecule has 0 aliphatic rings. The Bertz CT molecular complexity index is 564. The zero-order valence-corrected chi connectivity index (χ0v) is 10.2. The summed E-state index contributed by atoms with van der Waals surface area (Å²) in [5.41, 5.74) is 1.62. The fourth-order valence-electron chi connectivity index (χ4n) is 2.02. The van der Waals surface area contributed by atoms with Crippen molar-refractivity contribution in [2.45, 2.75) is 6.10 Å². The maximum atomic E-state index is 10.6. The van der Waals surface area contributed by atoms with E-state index in [1.54, 1.807) is 18.0 Å². The molecule has 1 heterocycles. The van der Waals surface area contributed by atoms with Crippen molar-refractivity contribution in [1.29, 1.82) is 0 Å². The summed E-state index contributed by atoms with van der Waals surface area (Å²) in [7, 11) is 3.01. The molecule has 1 atom stereocenters. The van der Waals surface area contributed by atoms with Crippen molar-refractivity contribution in [3.8, 4) is 0 Å². The number of nitrogens with zero attached hydrogens (tertiary/aromatic N) is 2. The molecular formula is C12H14N2O4. The summed E-state index contributed by atoms with van der Waals surface area (Å²) in [6.45, 7) is -0.270. The number of benzene rings is 1. The number of aromatic nitrogens is 1. The molecule has 0 radical (unpaired) electrons. The number of hydrogen-bond donors (Lipinski definition) is 0. The quantitative estimate of drug-likeness (QED) is 0.598. The van der Waals surface area contributed by atoms with Crippen molar-refractivity contribution < 1.29 is 14.5 Å². The van der Waals surface area contributed by atoms with Crippen molar-refractivity contribution >= 4 is 10.9 Å². The van der Waals surface area contributed by atoms with Crippen LogP contribution in [0.3, 0.4) is 0 Å². The van der Waals surface area contributed by atoms with Crippen LogP contribution in [0, 0.1) is 10.1 Å². The SMILES string of the molecule is COC(C[N+](=O)[O-])c1cn(OC)c2ccccc12. The third kappa shape index (κ3) is 2.14. The summed E-state index contributed by atoms with van der Waals surface area (Å²) in [6.07, 6.45) is 1.14. The average Bonchev–Trinajstić information content (AvgIpc) is 2.74. The molecule has 2 aromatic rings. The number of fused-ring (bicyclic) bond motifs is 1. The zero-order valence-electron chi connectivity index (χ0n) is 10.2. The van der Waals surface area contributed by atoms with Crippen LogP contribution in [0.15, 0.2) is 30.5 Å². The molecule has 1 unspecified atom stereocenters. The highest BCUT2D eigenvalue weighted by atomic mass is 16.6. The molecule has 96 valence electrons. The van der Waals surface area contributed by atoms with Crippen molar-refractivity contribution in [3.63, 3.8) is 0 Å². The monoisotopic (exact) mass is 250 g/mol. The molecule has 6 heteroatoms. The van der Waals surface area contributed by atoms with Crippen molar-refractivity contribution in [2.24, 2.45) is 0 Å². The van der Waals surface area contributed by atoms with E-state index in [0.717, 1.165) is 16.5 Å².